The van der Waals surface area contributed by atoms with Crippen LogP contribution in [0.4, 0.5) is 5.82 Å². The fourth-order valence-corrected chi connectivity index (χ4v) is 2.14. The zero-order valence-corrected chi connectivity index (χ0v) is 10.2. The van der Waals surface area contributed by atoms with Gasteiger partial charge in [-0.1, -0.05) is 11.6 Å². The Balaban J connectivity index is 1.90. The number of hydrogen-bond donors (Lipinski definition) is 1. The fourth-order valence-electron chi connectivity index (χ4n) is 2.03. The number of halogens is 1. The van der Waals surface area contributed by atoms with Gasteiger partial charge in [-0.05, 0) is 37.8 Å². The number of hydrogen-bond acceptors (Lipinski definition) is 3. The van der Waals surface area contributed by atoms with Gasteiger partial charge >= 0.3 is 0 Å². The topological polar surface area (TPSA) is 34.2 Å². The summed E-state index contributed by atoms with van der Waals surface area (Å²) in [5.74, 6) is 1.56. The molecule has 1 saturated heterocycles. The van der Waals surface area contributed by atoms with Crippen LogP contribution in [0, 0.1) is 5.92 Å². The first-order chi connectivity index (χ1) is 7.75. The SMILES string of the molecule is CC(Nc1ccc(Cl)cn1)C1CCOCC1. The molecule has 1 atom stereocenters. The van der Waals surface area contributed by atoms with Gasteiger partial charge in [-0.3, -0.25) is 0 Å². The minimum atomic E-state index is 0.428. The summed E-state index contributed by atoms with van der Waals surface area (Å²) >= 11 is 5.79. The number of anilines is 1. The first-order valence-electron chi connectivity index (χ1n) is 5.71. The van der Waals surface area contributed by atoms with Gasteiger partial charge in [0.05, 0.1) is 5.02 Å². The Kier molecular flexibility index (Phi) is 4.02. The van der Waals surface area contributed by atoms with Crippen LogP contribution in [0.15, 0.2) is 18.3 Å². The van der Waals surface area contributed by atoms with Crippen molar-refractivity contribution in [3.05, 3.63) is 23.4 Å². The van der Waals surface area contributed by atoms with Crippen molar-refractivity contribution in [2.75, 3.05) is 18.5 Å². The smallest absolute Gasteiger partial charge is 0.126 e. The highest BCUT2D eigenvalue weighted by Gasteiger charge is 2.20. The van der Waals surface area contributed by atoms with E-state index in [9.17, 15) is 0 Å². The van der Waals surface area contributed by atoms with E-state index in [2.05, 4.69) is 17.2 Å². The molecule has 1 fully saturated rings. The van der Waals surface area contributed by atoms with Crippen molar-refractivity contribution in [2.24, 2.45) is 5.92 Å². The van der Waals surface area contributed by atoms with Crippen LogP contribution in [0.1, 0.15) is 19.8 Å². The Hall–Kier alpha value is -0.800. The maximum absolute atomic E-state index is 5.79. The van der Waals surface area contributed by atoms with Gasteiger partial charge in [-0.15, -0.1) is 0 Å². The lowest BCUT2D eigenvalue weighted by atomic mass is 9.93. The van der Waals surface area contributed by atoms with Crippen LogP contribution in [-0.4, -0.2) is 24.2 Å². The minimum Gasteiger partial charge on any atom is -0.381 e. The highest BCUT2D eigenvalue weighted by molar-refractivity contribution is 6.30. The van der Waals surface area contributed by atoms with Gasteiger partial charge in [0.1, 0.15) is 5.82 Å². The molecule has 0 radical (unpaired) electrons. The van der Waals surface area contributed by atoms with E-state index in [1.165, 1.54) is 0 Å². The monoisotopic (exact) mass is 240 g/mol. The predicted octanol–water partition coefficient (Wildman–Crippen LogP) is 2.96. The molecular formula is C12H17ClN2O. The van der Waals surface area contributed by atoms with Crippen molar-refractivity contribution in [1.82, 2.24) is 4.98 Å². The van der Waals surface area contributed by atoms with Crippen LogP contribution in [0.25, 0.3) is 0 Å². The predicted molar refractivity (Wildman–Crippen MR) is 65.9 cm³/mol. The third kappa shape index (κ3) is 3.09. The van der Waals surface area contributed by atoms with Gasteiger partial charge in [-0.2, -0.15) is 0 Å². The summed E-state index contributed by atoms with van der Waals surface area (Å²) < 4.78 is 5.35. The second kappa shape index (κ2) is 5.51. The largest absolute Gasteiger partial charge is 0.381 e. The molecule has 0 aliphatic carbocycles. The number of nitrogens with zero attached hydrogens (tertiary/aromatic N) is 1. The summed E-state index contributed by atoms with van der Waals surface area (Å²) in [4.78, 5) is 4.24. The molecule has 88 valence electrons. The summed E-state index contributed by atoms with van der Waals surface area (Å²) in [6, 6.07) is 4.20. The molecule has 1 aliphatic rings. The number of nitrogens with one attached hydrogen (secondary N) is 1. The third-order valence-corrected chi connectivity index (χ3v) is 3.30. The zero-order valence-electron chi connectivity index (χ0n) is 9.45. The van der Waals surface area contributed by atoms with Gasteiger partial charge in [0.15, 0.2) is 0 Å². The number of rotatable bonds is 3. The van der Waals surface area contributed by atoms with Gasteiger partial charge in [0.25, 0.3) is 0 Å². The van der Waals surface area contributed by atoms with Gasteiger partial charge in [0.2, 0.25) is 0 Å². The molecule has 0 bridgehead atoms. The maximum Gasteiger partial charge on any atom is 0.126 e. The van der Waals surface area contributed by atoms with Gasteiger partial charge < -0.3 is 10.1 Å². The summed E-state index contributed by atoms with van der Waals surface area (Å²) in [5.41, 5.74) is 0. The lowest BCUT2D eigenvalue weighted by Gasteiger charge is -2.28. The van der Waals surface area contributed by atoms with E-state index in [0.29, 0.717) is 17.0 Å². The van der Waals surface area contributed by atoms with Crippen LogP contribution < -0.4 is 5.32 Å². The molecule has 2 heterocycles. The lowest BCUT2D eigenvalue weighted by molar-refractivity contribution is 0.0622. The molecular weight excluding hydrogens is 224 g/mol. The molecule has 1 aromatic rings. The highest BCUT2D eigenvalue weighted by atomic mass is 35.5. The molecule has 0 saturated carbocycles. The average molecular weight is 241 g/mol. The van der Waals surface area contributed by atoms with E-state index in [0.717, 1.165) is 31.9 Å². The van der Waals surface area contributed by atoms with E-state index >= 15 is 0 Å². The molecule has 16 heavy (non-hydrogen) atoms. The van der Waals surface area contributed by atoms with Crippen LogP contribution in [0.5, 0.6) is 0 Å². The fraction of sp³-hybridized carbons (Fsp3) is 0.583. The highest BCUT2D eigenvalue weighted by Crippen LogP contribution is 2.21. The zero-order chi connectivity index (χ0) is 11.4. The summed E-state index contributed by atoms with van der Waals surface area (Å²) in [7, 11) is 0. The molecule has 1 aromatic heterocycles. The van der Waals surface area contributed by atoms with E-state index in [1.54, 1.807) is 6.20 Å². The Morgan fingerprint density at radius 1 is 1.44 bits per heavy atom. The van der Waals surface area contributed by atoms with Crippen LogP contribution in [0.2, 0.25) is 5.02 Å². The number of pyridine rings is 1. The molecule has 0 aromatic carbocycles. The molecule has 3 nitrogen and oxygen atoms in total. The Labute approximate surface area is 101 Å². The standard InChI is InChI=1S/C12H17ClN2O/c1-9(10-4-6-16-7-5-10)15-12-3-2-11(13)8-14-12/h2-3,8-10H,4-7H2,1H3,(H,14,15). The van der Waals surface area contributed by atoms with E-state index in [-0.39, 0.29) is 0 Å². The first kappa shape index (κ1) is 11.7. The molecule has 0 amide bonds. The van der Waals surface area contributed by atoms with Crippen LogP contribution >= 0.6 is 11.6 Å². The molecule has 2 rings (SSSR count). The molecule has 4 heteroatoms. The van der Waals surface area contributed by atoms with E-state index in [4.69, 9.17) is 16.3 Å². The van der Waals surface area contributed by atoms with Crippen molar-refractivity contribution in [2.45, 2.75) is 25.8 Å². The quantitative estimate of drug-likeness (QED) is 0.882. The molecule has 1 unspecified atom stereocenters. The lowest BCUT2D eigenvalue weighted by Crippen LogP contribution is -2.31. The van der Waals surface area contributed by atoms with Gasteiger partial charge in [0, 0.05) is 25.5 Å². The third-order valence-electron chi connectivity index (χ3n) is 3.08. The Morgan fingerprint density at radius 2 is 2.19 bits per heavy atom. The summed E-state index contributed by atoms with van der Waals surface area (Å²) in [5, 5.41) is 4.08. The van der Waals surface area contributed by atoms with Crippen molar-refractivity contribution in [1.29, 1.82) is 0 Å². The minimum absolute atomic E-state index is 0.428. The van der Waals surface area contributed by atoms with Gasteiger partial charge in [-0.25, -0.2) is 4.98 Å². The van der Waals surface area contributed by atoms with Crippen molar-refractivity contribution in [3.63, 3.8) is 0 Å². The molecule has 0 spiro atoms. The van der Waals surface area contributed by atoms with Crippen molar-refractivity contribution in [3.8, 4) is 0 Å². The Bertz CT molecular complexity index is 322. The second-order valence-electron chi connectivity index (χ2n) is 4.24. The summed E-state index contributed by atoms with van der Waals surface area (Å²) in [6.45, 7) is 3.96. The Morgan fingerprint density at radius 3 is 2.81 bits per heavy atom. The molecule has 1 N–H and O–H groups in total. The maximum atomic E-state index is 5.79. The van der Waals surface area contributed by atoms with Crippen LogP contribution in [0.3, 0.4) is 0 Å². The number of ether oxygens (including phenoxy) is 1. The second-order valence-corrected chi connectivity index (χ2v) is 4.68. The normalized spacial score (nSPS) is 19.4. The first-order valence-corrected chi connectivity index (χ1v) is 6.09. The average Bonchev–Trinajstić information content (AvgIpc) is 2.33. The van der Waals surface area contributed by atoms with Crippen molar-refractivity contribution < 1.29 is 4.74 Å². The van der Waals surface area contributed by atoms with Crippen LogP contribution in [-0.2, 0) is 4.74 Å². The van der Waals surface area contributed by atoms with E-state index < -0.39 is 0 Å². The summed E-state index contributed by atoms with van der Waals surface area (Å²) in [6.07, 6.45) is 3.92. The van der Waals surface area contributed by atoms with E-state index in [1.807, 2.05) is 12.1 Å². The molecule has 1 aliphatic heterocycles. The van der Waals surface area contributed by atoms with Crippen molar-refractivity contribution >= 4 is 17.4 Å². The number of aromatic nitrogens is 1.